The first kappa shape index (κ1) is 15.4. The maximum Gasteiger partial charge on any atom is 0.335 e. The minimum atomic E-state index is -1.05. The highest BCUT2D eigenvalue weighted by Crippen LogP contribution is 2.05. The second-order valence-corrected chi connectivity index (χ2v) is 4.03. The van der Waals surface area contributed by atoms with Gasteiger partial charge in [0.1, 0.15) is 0 Å². The van der Waals surface area contributed by atoms with Crippen molar-refractivity contribution in [2.75, 3.05) is 13.2 Å². The monoisotopic (exact) mass is 231 g/mol. The molecule has 0 fully saturated rings. The number of rotatable bonds is 10. The number of carbonyl (C=O) groups is 1. The zero-order valence-electron chi connectivity index (χ0n) is 10.3. The molecule has 4 heteroatoms. The van der Waals surface area contributed by atoms with Crippen LogP contribution >= 0.6 is 0 Å². The van der Waals surface area contributed by atoms with E-state index >= 15 is 0 Å². The van der Waals surface area contributed by atoms with Crippen LogP contribution in [-0.4, -0.2) is 30.3 Å². The first-order valence-electron chi connectivity index (χ1n) is 6.27. The summed E-state index contributed by atoms with van der Waals surface area (Å²) in [5.41, 5.74) is 5.22. The standard InChI is InChI=1S/C12H25NO3/c1-2-3-4-5-6-7-10-16-12(15)11(14)8-9-13/h11,14H,2-10,13H2,1H3. The molecule has 0 spiro atoms. The molecular formula is C12H25NO3. The van der Waals surface area contributed by atoms with Crippen molar-refractivity contribution in [3.8, 4) is 0 Å². The molecule has 0 aliphatic rings. The zero-order chi connectivity index (χ0) is 12.2. The van der Waals surface area contributed by atoms with Gasteiger partial charge in [-0.15, -0.1) is 0 Å². The Morgan fingerprint density at radius 2 is 1.88 bits per heavy atom. The van der Waals surface area contributed by atoms with Crippen molar-refractivity contribution in [3.63, 3.8) is 0 Å². The summed E-state index contributed by atoms with van der Waals surface area (Å²) in [6.45, 7) is 2.89. The number of hydrogen-bond donors (Lipinski definition) is 2. The molecule has 1 atom stereocenters. The fourth-order valence-corrected chi connectivity index (χ4v) is 1.43. The average molecular weight is 231 g/mol. The Morgan fingerprint density at radius 1 is 1.25 bits per heavy atom. The van der Waals surface area contributed by atoms with E-state index in [4.69, 9.17) is 10.5 Å². The Labute approximate surface area is 98.2 Å². The van der Waals surface area contributed by atoms with E-state index in [2.05, 4.69) is 6.92 Å². The number of aliphatic hydroxyl groups is 1. The van der Waals surface area contributed by atoms with Crippen molar-refractivity contribution in [1.82, 2.24) is 0 Å². The molecule has 0 aromatic rings. The third-order valence-electron chi connectivity index (χ3n) is 2.45. The third-order valence-corrected chi connectivity index (χ3v) is 2.45. The first-order valence-corrected chi connectivity index (χ1v) is 6.27. The molecule has 0 saturated carbocycles. The van der Waals surface area contributed by atoms with Crippen molar-refractivity contribution < 1.29 is 14.6 Å². The highest BCUT2D eigenvalue weighted by molar-refractivity contribution is 5.74. The lowest BCUT2D eigenvalue weighted by Gasteiger charge is -2.09. The highest BCUT2D eigenvalue weighted by Gasteiger charge is 2.14. The van der Waals surface area contributed by atoms with Crippen LogP contribution in [0, 0.1) is 0 Å². The van der Waals surface area contributed by atoms with E-state index in [1.165, 1.54) is 25.7 Å². The molecule has 4 nitrogen and oxygen atoms in total. The predicted molar refractivity (Wildman–Crippen MR) is 64.0 cm³/mol. The fourth-order valence-electron chi connectivity index (χ4n) is 1.43. The Kier molecular flexibility index (Phi) is 10.5. The topological polar surface area (TPSA) is 72.5 Å². The lowest BCUT2D eigenvalue weighted by Crippen LogP contribution is -2.26. The van der Waals surface area contributed by atoms with Gasteiger partial charge in [-0.1, -0.05) is 39.0 Å². The maximum atomic E-state index is 11.1. The second-order valence-electron chi connectivity index (χ2n) is 4.03. The van der Waals surface area contributed by atoms with E-state index in [0.717, 1.165) is 12.8 Å². The Hall–Kier alpha value is -0.610. The molecule has 1 unspecified atom stereocenters. The van der Waals surface area contributed by atoms with Gasteiger partial charge < -0.3 is 15.6 Å². The number of carbonyl (C=O) groups excluding carboxylic acids is 1. The van der Waals surface area contributed by atoms with Crippen LogP contribution in [0.5, 0.6) is 0 Å². The number of esters is 1. The molecule has 0 aromatic carbocycles. The van der Waals surface area contributed by atoms with Crippen molar-refractivity contribution in [2.24, 2.45) is 5.73 Å². The molecule has 0 aliphatic carbocycles. The van der Waals surface area contributed by atoms with Crippen LogP contribution in [0.3, 0.4) is 0 Å². The summed E-state index contributed by atoms with van der Waals surface area (Å²) in [6, 6.07) is 0. The summed E-state index contributed by atoms with van der Waals surface area (Å²) in [6.07, 6.45) is 6.14. The van der Waals surface area contributed by atoms with Crippen LogP contribution in [0.1, 0.15) is 51.9 Å². The van der Waals surface area contributed by atoms with E-state index in [0.29, 0.717) is 13.2 Å². The maximum absolute atomic E-state index is 11.1. The highest BCUT2D eigenvalue weighted by atomic mass is 16.5. The summed E-state index contributed by atoms with van der Waals surface area (Å²) in [5, 5.41) is 9.24. The summed E-state index contributed by atoms with van der Waals surface area (Å²) < 4.78 is 4.92. The van der Waals surface area contributed by atoms with Crippen LogP contribution < -0.4 is 5.73 Å². The van der Waals surface area contributed by atoms with Crippen LogP contribution in [0.15, 0.2) is 0 Å². The average Bonchev–Trinajstić information content (AvgIpc) is 2.28. The van der Waals surface area contributed by atoms with Crippen molar-refractivity contribution in [2.45, 2.75) is 58.0 Å². The Morgan fingerprint density at radius 3 is 2.50 bits per heavy atom. The zero-order valence-corrected chi connectivity index (χ0v) is 10.3. The van der Waals surface area contributed by atoms with E-state index in [1.807, 2.05) is 0 Å². The summed E-state index contributed by atoms with van der Waals surface area (Å²) >= 11 is 0. The number of unbranched alkanes of at least 4 members (excludes halogenated alkanes) is 5. The third kappa shape index (κ3) is 8.68. The molecule has 16 heavy (non-hydrogen) atoms. The normalized spacial score (nSPS) is 12.4. The van der Waals surface area contributed by atoms with Crippen molar-refractivity contribution >= 4 is 5.97 Å². The van der Waals surface area contributed by atoms with Gasteiger partial charge in [0.2, 0.25) is 0 Å². The number of ether oxygens (including phenoxy) is 1. The largest absolute Gasteiger partial charge is 0.464 e. The van der Waals surface area contributed by atoms with Gasteiger partial charge in [0.05, 0.1) is 6.61 Å². The summed E-state index contributed by atoms with van der Waals surface area (Å²) in [7, 11) is 0. The van der Waals surface area contributed by atoms with Crippen LogP contribution in [-0.2, 0) is 9.53 Å². The minimum absolute atomic E-state index is 0.273. The molecular weight excluding hydrogens is 206 g/mol. The van der Waals surface area contributed by atoms with Crippen LogP contribution in [0.4, 0.5) is 0 Å². The minimum Gasteiger partial charge on any atom is -0.464 e. The van der Waals surface area contributed by atoms with E-state index < -0.39 is 12.1 Å². The molecule has 0 amide bonds. The Balaban J connectivity index is 3.27. The second kappa shape index (κ2) is 10.9. The van der Waals surface area contributed by atoms with Crippen molar-refractivity contribution in [3.05, 3.63) is 0 Å². The smallest absolute Gasteiger partial charge is 0.335 e. The van der Waals surface area contributed by atoms with Gasteiger partial charge >= 0.3 is 5.97 Å². The lowest BCUT2D eigenvalue weighted by molar-refractivity contribution is -0.153. The van der Waals surface area contributed by atoms with E-state index in [9.17, 15) is 9.90 Å². The van der Waals surface area contributed by atoms with Crippen LogP contribution in [0.2, 0.25) is 0 Å². The molecule has 3 N–H and O–H groups in total. The molecule has 0 heterocycles. The first-order chi connectivity index (χ1) is 7.72. The molecule has 0 aromatic heterocycles. The molecule has 96 valence electrons. The van der Waals surface area contributed by atoms with Gasteiger partial charge in [0, 0.05) is 0 Å². The van der Waals surface area contributed by atoms with Gasteiger partial charge in [-0.3, -0.25) is 0 Å². The molecule has 0 saturated heterocycles. The summed E-state index contributed by atoms with van der Waals surface area (Å²) in [4.78, 5) is 11.1. The van der Waals surface area contributed by atoms with Gasteiger partial charge in [-0.25, -0.2) is 4.79 Å². The van der Waals surface area contributed by atoms with E-state index in [-0.39, 0.29) is 6.42 Å². The lowest BCUT2D eigenvalue weighted by atomic mass is 10.1. The predicted octanol–water partition coefficient (Wildman–Crippen LogP) is 1.60. The molecule has 0 bridgehead atoms. The molecule has 0 radical (unpaired) electrons. The quantitative estimate of drug-likeness (QED) is 0.442. The number of hydrogen-bond acceptors (Lipinski definition) is 4. The van der Waals surface area contributed by atoms with Gasteiger partial charge in [0.25, 0.3) is 0 Å². The van der Waals surface area contributed by atoms with E-state index in [1.54, 1.807) is 0 Å². The fraction of sp³-hybridized carbons (Fsp3) is 0.917. The summed E-state index contributed by atoms with van der Waals surface area (Å²) in [5.74, 6) is -0.543. The van der Waals surface area contributed by atoms with Crippen LogP contribution in [0.25, 0.3) is 0 Å². The van der Waals surface area contributed by atoms with Gasteiger partial charge in [-0.2, -0.15) is 0 Å². The molecule has 0 aliphatic heterocycles. The number of aliphatic hydroxyl groups excluding tert-OH is 1. The number of nitrogens with two attached hydrogens (primary N) is 1. The SMILES string of the molecule is CCCCCCCCOC(=O)C(O)CCN. The van der Waals surface area contributed by atoms with Gasteiger partial charge in [0.15, 0.2) is 6.10 Å². The van der Waals surface area contributed by atoms with Crippen molar-refractivity contribution in [1.29, 1.82) is 0 Å². The molecule has 0 rings (SSSR count). The Bertz CT molecular complexity index is 174. The van der Waals surface area contributed by atoms with Gasteiger partial charge in [-0.05, 0) is 19.4 Å².